The van der Waals surface area contributed by atoms with Gasteiger partial charge in [0.1, 0.15) is 16.1 Å². The minimum absolute atomic E-state index is 0.611. The maximum atomic E-state index is 4.58. The van der Waals surface area contributed by atoms with Crippen LogP contribution in [0.3, 0.4) is 0 Å². The molecule has 1 aromatic heterocycles. The number of aryl methyl sites for hydroxylation is 1. The third kappa shape index (κ3) is 2.81. The molecule has 18 heavy (non-hydrogen) atoms. The van der Waals surface area contributed by atoms with Crippen LogP contribution in [0, 0.1) is 6.92 Å². The Balaban J connectivity index is 2.31. The largest absolute Gasteiger partial charge is 0.326 e. The second kappa shape index (κ2) is 5.49. The molecule has 2 rings (SSSR count). The number of imidazole rings is 1. The summed E-state index contributed by atoms with van der Waals surface area (Å²) in [5, 5.41) is 0.611. The average molecular weight is 325 g/mol. The van der Waals surface area contributed by atoms with Crippen molar-refractivity contribution in [2.45, 2.75) is 30.9 Å². The van der Waals surface area contributed by atoms with Gasteiger partial charge in [-0.1, -0.05) is 26.0 Å². The van der Waals surface area contributed by atoms with E-state index in [0.717, 1.165) is 21.7 Å². The Hall–Kier alpha value is -0.740. The van der Waals surface area contributed by atoms with E-state index in [4.69, 9.17) is 0 Å². The summed E-state index contributed by atoms with van der Waals surface area (Å²) >= 11 is 5.47. The van der Waals surface area contributed by atoms with E-state index in [2.05, 4.69) is 59.0 Å². The fourth-order valence-electron chi connectivity index (χ4n) is 1.73. The van der Waals surface area contributed by atoms with Crippen LogP contribution in [0.4, 0.5) is 0 Å². The molecule has 2 aromatic rings. The van der Waals surface area contributed by atoms with Gasteiger partial charge in [0.15, 0.2) is 0 Å². The minimum atomic E-state index is 0.611. The van der Waals surface area contributed by atoms with Crippen LogP contribution in [0.25, 0.3) is 11.3 Å². The molecule has 0 amide bonds. The number of hydrogen-bond acceptors (Lipinski definition) is 2. The number of aromatic nitrogens is 2. The zero-order chi connectivity index (χ0) is 13.3. The highest BCUT2D eigenvalue weighted by atomic mass is 79.9. The fourth-order valence-corrected chi connectivity index (χ4v) is 3.14. The van der Waals surface area contributed by atoms with Gasteiger partial charge in [-0.25, -0.2) is 4.98 Å². The summed E-state index contributed by atoms with van der Waals surface area (Å²) in [5.74, 6) is 1.01. The molecule has 0 aliphatic heterocycles. The Morgan fingerprint density at radius 2 is 1.83 bits per heavy atom. The first-order valence-electron chi connectivity index (χ1n) is 5.95. The molecular formula is C14H17BrN2S. The van der Waals surface area contributed by atoms with Crippen LogP contribution in [-0.4, -0.2) is 14.8 Å². The normalized spacial score (nSPS) is 11.2. The minimum Gasteiger partial charge on any atom is -0.326 e. The molecular weight excluding hydrogens is 308 g/mol. The quantitative estimate of drug-likeness (QED) is 0.764. The van der Waals surface area contributed by atoms with Crippen LogP contribution >= 0.6 is 27.7 Å². The van der Waals surface area contributed by atoms with Gasteiger partial charge in [-0.3, -0.25) is 0 Å². The molecule has 2 nitrogen and oxygen atoms in total. The van der Waals surface area contributed by atoms with Gasteiger partial charge in [0.25, 0.3) is 0 Å². The third-order valence-corrected chi connectivity index (χ3v) is 4.67. The Morgan fingerprint density at radius 3 is 2.28 bits per heavy atom. The summed E-state index contributed by atoms with van der Waals surface area (Å²) in [7, 11) is 2.01. The number of nitrogens with zero attached hydrogens (tertiary/aromatic N) is 2. The third-order valence-electron chi connectivity index (χ3n) is 2.75. The van der Waals surface area contributed by atoms with Crippen molar-refractivity contribution >= 4 is 27.7 Å². The zero-order valence-electron chi connectivity index (χ0n) is 11.1. The topological polar surface area (TPSA) is 17.8 Å². The van der Waals surface area contributed by atoms with E-state index in [1.807, 2.05) is 30.3 Å². The highest BCUT2D eigenvalue weighted by Gasteiger charge is 2.11. The lowest BCUT2D eigenvalue weighted by molar-refractivity contribution is 0.840. The van der Waals surface area contributed by atoms with Gasteiger partial charge < -0.3 is 4.57 Å². The second-order valence-electron chi connectivity index (χ2n) is 4.55. The van der Waals surface area contributed by atoms with Crippen molar-refractivity contribution in [2.24, 2.45) is 7.05 Å². The molecule has 0 spiro atoms. The summed E-state index contributed by atoms with van der Waals surface area (Å²) in [5.41, 5.74) is 2.16. The maximum Gasteiger partial charge on any atom is 0.112 e. The van der Waals surface area contributed by atoms with E-state index < -0.39 is 0 Å². The summed E-state index contributed by atoms with van der Waals surface area (Å²) in [6.07, 6.45) is 0. The van der Waals surface area contributed by atoms with E-state index >= 15 is 0 Å². The monoisotopic (exact) mass is 324 g/mol. The van der Waals surface area contributed by atoms with E-state index in [9.17, 15) is 0 Å². The first-order chi connectivity index (χ1) is 8.49. The maximum absolute atomic E-state index is 4.58. The first-order valence-corrected chi connectivity index (χ1v) is 7.62. The summed E-state index contributed by atoms with van der Waals surface area (Å²) in [6.45, 7) is 6.42. The lowest BCUT2D eigenvalue weighted by Crippen LogP contribution is -1.90. The molecule has 96 valence electrons. The van der Waals surface area contributed by atoms with Gasteiger partial charge in [-0.2, -0.15) is 0 Å². The second-order valence-corrected chi connectivity index (χ2v) is 6.95. The van der Waals surface area contributed by atoms with Crippen LogP contribution < -0.4 is 0 Å². The smallest absolute Gasteiger partial charge is 0.112 e. The van der Waals surface area contributed by atoms with Crippen molar-refractivity contribution in [3.05, 3.63) is 34.7 Å². The van der Waals surface area contributed by atoms with Gasteiger partial charge in [0.2, 0.25) is 0 Å². The Bertz CT molecular complexity index is 544. The fraction of sp³-hybridized carbons (Fsp3) is 0.357. The van der Waals surface area contributed by atoms with Crippen molar-refractivity contribution in [1.29, 1.82) is 0 Å². The highest BCUT2D eigenvalue weighted by Crippen LogP contribution is 2.30. The van der Waals surface area contributed by atoms with Crippen molar-refractivity contribution < 1.29 is 0 Å². The van der Waals surface area contributed by atoms with Crippen molar-refractivity contribution in [1.82, 2.24) is 9.55 Å². The molecule has 0 fully saturated rings. The molecule has 0 atom stereocenters. The standard InChI is InChI=1S/C14H17BrN2S/c1-9(2)18-12-7-5-11(6-8-12)13-14(15)17(4)10(3)16-13/h5-9H,1-4H3. The SMILES string of the molecule is Cc1nc(-c2ccc(SC(C)C)cc2)c(Br)n1C. The molecule has 0 aliphatic carbocycles. The molecule has 1 aromatic carbocycles. The van der Waals surface area contributed by atoms with Crippen molar-refractivity contribution in [2.75, 3.05) is 0 Å². The Kier molecular flexibility index (Phi) is 4.17. The van der Waals surface area contributed by atoms with Gasteiger partial charge in [0, 0.05) is 22.8 Å². The van der Waals surface area contributed by atoms with E-state index in [1.54, 1.807) is 0 Å². The number of halogens is 1. The van der Waals surface area contributed by atoms with E-state index in [-0.39, 0.29) is 0 Å². The molecule has 0 bridgehead atoms. The number of rotatable bonds is 3. The van der Waals surface area contributed by atoms with Crippen LogP contribution in [0.5, 0.6) is 0 Å². The van der Waals surface area contributed by atoms with Gasteiger partial charge in [0.05, 0.1) is 0 Å². The predicted molar refractivity (Wildman–Crippen MR) is 82.1 cm³/mol. The van der Waals surface area contributed by atoms with Gasteiger partial charge >= 0.3 is 0 Å². The number of thioether (sulfide) groups is 1. The predicted octanol–water partition coefficient (Wildman–Crippen LogP) is 4.66. The lowest BCUT2D eigenvalue weighted by atomic mass is 10.2. The summed E-state index contributed by atoms with van der Waals surface area (Å²) < 4.78 is 3.08. The molecule has 0 radical (unpaired) electrons. The molecule has 0 unspecified atom stereocenters. The van der Waals surface area contributed by atoms with Crippen molar-refractivity contribution in [3.63, 3.8) is 0 Å². The van der Waals surface area contributed by atoms with Crippen molar-refractivity contribution in [3.8, 4) is 11.3 Å². The molecule has 0 aliphatic rings. The van der Waals surface area contributed by atoms with Crippen LogP contribution in [0.2, 0.25) is 0 Å². The Labute approximate surface area is 121 Å². The van der Waals surface area contributed by atoms with Gasteiger partial charge in [-0.05, 0) is 35.0 Å². The zero-order valence-corrected chi connectivity index (χ0v) is 13.5. The molecule has 1 heterocycles. The lowest BCUT2D eigenvalue weighted by Gasteiger charge is -2.05. The number of benzene rings is 1. The van der Waals surface area contributed by atoms with Gasteiger partial charge in [-0.15, -0.1) is 11.8 Å². The van der Waals surface area contributed by atoms with Crippen LogP contribution in [-0.2, 0) is 7.05 Å². The highest BCUT2D eigenvalue weighted by molar-refractivity contribution is 9.10. The van der Waals surface area contributed by atoms with E-state index in [0.29, 0.717) is 5.25 Å². The van der Waals surface area contributed by atoms with E-state index in [1.165, 1.54) is 4.90 Å². The average Bonchev–Trinajstić information content (AvgIpc) is 2.57. The molecule has 0 saturated heterocycles. The molecule has 0 saturated carbocycles. The number of hydrogen-bond donors (Lipinski definition) is 0. The first kappa shape index (κ1) is 13.7. The summed E-state index contributed by atoms with van der Waals surface area (Å²) in [4.78, 5) is 5.88. The summed E-state index contributed by atoms with van der Waals surface area (Å²) in [6, 6.07) is 8.60. The molecule has 4 heteroatoms. The molecule has 0 N–H and O–H groups in total. The Morgan fingerprint density at radius 1 is 1.22 bits per heavy atom. The van der Waals surface area contributed by atoms with Crippen LogP contribution in [0.15, 0.2) is 33.8 Å². The van der Waals surface area contributed by atoms with Crippen LogP contribution in [0.1, 0.15) is 19.7 Å².